The highest BCUT2D eigenvalue weighted by molar-refractivity contribution is 6.03. The molecule has 0 aliphatic rings. The highest BCUT2D eigenvalue weighted by atomic mass is 16.4. The highest BCUT2D eigenvalue weighted by Crippen LogP contribution is 2.37. The summed E-state index contributed by atoms with van der Waals surface area (Å²) in [7, 11) is 0. The third-order valence-electron chi connectivity index (χ3n) is 4.30. The van der Waals surface area contributed by atoms with Crippen molar-refractivity contribution in [2.75, 3.05) is 0 Å². The van der Waals surface area contributed by atoms with Gasteiger partial charge in [0.1, 0.15) is 16.9 Å². The number of hydrogen-bond donors (Lipinski definition) is 1. The largest absolute Gasteiger partial charge is 0.506 e. The molecule has 0 saturated carbocycles. The molecule has 0 radical (unpaired) electrons. The Morgan fingerprint density at radius 3 is 2.60 bits per heavy atom. The molecule has 3 rings (SSSR count). The van der Waals surface area contributed by atoms with Gasteiger partial charge in [-0.15, -0.1) is 0 Å². The third-order valence-corrected chi connectivity index (χ3v) is 4.30. The SMILES string of the molecule is CC(C)=CCC/C(C)=C\Cc1c2occc2c(O)c2ccc(=O)oc12. The number of rotatable bonds is 5. The van der Waals surface area contributed by atoms with E-state index in [4.69, 9.17) is 8.83 Å². The predicted octanol–water partition coefficient (Wildman–Crippen LogP) is 5.48. The van der Waals surface area contributed by atoms with Crippen molar-refractivity contribution in [3.8, 4) is 5.75 Å². The number of phenols is 1. The zero-order chi connectivity index (χ0) is 18.0. The summed E-state index contributed by atoms with van der Waals surface area (Å²) >= 11 is 0. The zero-order valence-corrected chi connectivity index (χ0v) is 14.8. The second-order valence-electron chi connectivity index (χ2n) is 6.56. The Morgan fingerprint density at radius 1 is 1.08 bits per heavy atom. The molecule has 0 aliphatic carbocycles. The lowest BCUT2D eigenvalue weighted by Gasteiger charge is -2.07. The number of furan rings is 1. The van der Waals surface area contributed by atoms with Gasteiger partial charge in [0.25, 0.3) is 0 Å². The van der Waals surface area contributed by atoms with Crippen molar-refractivity contribution in [1.29, 1.82) is 0 Å². The topological polar surface area (TPSA) is 63.6 Å². The fourth-order valence-corrected chi connectivity index (χ4v) is 2.96. The summed E-state index contributed by atoms with van der Waals surface area (Å²) in [6.45, 7) is 6.28. The normalized spacial score (nSPS) is 12.0. The Labute approximate surface area is 146 Å². The Bertz CT molecular complexity index is 1030. The van der Waals surface area contributed by atoms with Crippen LogP contribution in [0.3, 0.4) is 0 Å². The molecule has 0 saturated heterocycles. The second-order valence-corrected chi connectivity index (χ2v) is 6.56. The molecular weight excluding hydrogens is 316 g/mol. The summed E-state index contributed by atoms with van der Waals surface area (Å²) in [6.07, 6.45) is 8.44. The molecule has 4 nitrogen and oxygen atoms in total. The van der Waals surface area contributed by atoms with Gasteiger partial charge < -0.3 is 13.9 Å². The molecule has 4 heteroatoms. The molecule has 0 amide bonds. The van der Waals surface area contributed by atoms with E-state index in [1.54, 1.807) is 12.1 Å². The van der Waals surface area contributed by atoms with Gasteiger partial charge in [-0.3, -0.25) is 0 Å². The van der Waals surface area contributed by atoms with Gasteiger partial charge in [0.15, 0.2) is 0 Å². The quantitative estimate of drug-likeness (QED) is 0.494. The lowest BCUT2D eigenvalue weighted by molar-refractivity contribution is 0.484. The van der Waals surface area contributed by atoms with Crippen molar-refractivity contribution < 1.29 is 13.9 Å². The first-order valence-corrected chi connectivity index (χ1v) is 8.41. The maximum Gasteiger partial charge on any atom is 0.336 e. The minimum Gasteiger partial charge on any atom is -0.506 e. The van der Waals surface area contributed by atoms with Crippen LogP contribution in [0.25, 0.3) is 21.9 Å². The molecule has 25 heavy (non-hydrogen) atoms. The van der Waals surface area contributed by atoms with Crippen LogP contribution in [0.1, 0.15) is 39.2 Å². The van der Waals surface area contributed by atoms with Gasteiger partial charge in [0.2, 0.25) is 0 Å². The summed E-state index contributed by atoms with van der Waals surface area (Å²) in [5.74, 6) is 0.0792. The van der Waals surface area contributed by atoms with Gasteiger partial charge in [0, 0.05) is 11.6 Å². The first kappa shape index (κ1) is 17.1. The molecule has 2 aromatic heterocycles. The molecule has 1 aromatic carbocycles. The Balaban J connectivity index is 2.03. The lowest BCUT2D eigenvalue weighted by Crippen LogP contribution is -1.98. The second kappa shape index (κ2) is 7.01. The summed E-state index contributed by atoms with van der Waals surface area (Å²) in [4.78, 5) is 11.7. The number of benzene rings is 1. The van der Waals surface area contributed by atoms with E-state index in [1.165, 1.54) is 23.5 Å². The summed E-state index contributed by atoms with van der Waals surface area (Å²) in [5, 5.41) is 11.6. The zero-order valence-electron chi connectivity index (χ0n) is 14.8. The average Bonchev–Trinajstić information content (AvgIpc) is 3.04. The average molecular weight is 338 g/mol. The van der Waals surface area contributed by atoms with Crippen LogP contribution in [0.2, 0.25) is 0 Å². The highest BCUT2D eigenvalue weighted by Gasteiger charge is 2.17. The van der Waals surface area contributed by atoms with E-state index in [2.05, 4.69) is 32.9 Å². The Hall–Kier alpha value is -2.75. The van der Waals surface area contributed by atoms with Crippen molar-refractivity contribution >= 4 is 21.9 Å². The summed E-state index contributed by atoms with van der Waals surface area (Å²) < 4.78 is 10.9. The molecule has 0 aliphatic heterocycles. The standard InChI is InChI=1S/C21H22O4/c1-13(2)5-4-6-14(3)7-8-17-20-16(11-12-24-20)19(23)15-9-10-18(22)25-21(15)17/h5,7,9-12,23H,4,6,8H2,1-3H3/b14-7-. The maximum absolute atomic E-state index is 11.7. The van der Waals surface area contributed by atoms with Gasteiger partial charge in [-0.1, -0.05) is 23.3 Å². The number of fused-ring (bicyclic) bond motifs is 2. The van der Waals surface area contributed by atoms with Crippen LogP contribution in [0.4, 0.5) is 0 Å². The number of aromatic hydroxyl groups is 1. The molecule has 130 valence electrons. The van der Waals surface area contributed by atoms with Crippen LogP contribution in [-0.4, -0.2) is 5.11 Å². The molecule has 0 atom stereocenters. The molecule has 0 spiro atoms. The van der Waals surface area contributed by atoms with Gasteiger partial charge >= 0.3 is 5.63 Å². The predicted molar refractivity (Wildman–Crippen MR) is 100 cm³/mol. The van der Waals surface area contributed by atoms with E-state index in [-0.39, 0.29) is 5.75 Å². The van der Waals surface area contributed by atoms with E-state index in [0.717, 1.165) is 18.4 Å². The number of phenolic OH excluding ortho intramolecular Hbond substituents is 1. The molecule has 1 N–H and O–H groups in total. The fourth-order valence-electron chi connectivity index (χ4n) is 2.96. The van der Waals surface area contributed by atoms with Gasteiger partial charge in [-0.05, 0) is 52.2 Å². The molecule has 2 heterocycles. The van der Waals surface area contributed by atoms with E-state index in [9.17, 15) is 9.90 Å². The fraction of sp³-hybridized carbons (Fsp3) is 0.286. The number of allylic oxidation sites excluding steroid dienone is 4. The molecular formula is C21H22O4. The third kappa shape index (κ3) is 3.53. The monoisotopic (exact) mass is 338 g/mol. The van der Waals surface area contributed by atoms with Crippen molar-refractivity contribution in [3.05, 3.63) is 63.7 Å². The summed E-state index contributed by atoms with van der Waals surface area (Å²) in [6, 6.07) is 4.64. The minimum atomic E-state index is -0.441. The van der Waals surface area contributed by atoms with Crippen molar-refractivity contribution in [1.82, 2.24) is 0 Å². The van der Waals surface area contributed by atoms with E-state index in [1.807, 2.05) is 0 Å². The first-order chi connectivity index (χ1) is 12.0. The van der Waals surface area contributed by atoms with E-state index < -0.39 is 5.63 Å². The van der Waals surface area contributed by atoms with Crippen LogP contribution >= 0.6 is 0 Å². The van der Waals surface area contributed by atoms with Crippen molar-refractivity contribution in [2.24, 2.45) is 0 Å². The van der Waals surface area contributed by atoms with Crippen LogP contribution in [0, 0.1) is 0 Å². The van der Waals surface area contributed by atoms with Crippen LogP contribution in [-0.2, 0) is 6.42 Å². The first-order valence-electron chi connectivity index (χ1n) is 8.41. The smallest absolute Gasteiger partial charge is 0.336 e. The van der Waals surface area contributed by atoms with Crippen LogP contribution in [0.5, 0.6) is 5.75 Å². The Kier molecular flexibility index (Phi) is 4.79. The summed E-state index contributed by atoms with van der Waals surface area (Å²) in [5.41, 5.74) is 3.87. The molecule has 0 unspecified atom stereocenters. The van der Waals surface area contributed by atoms with Gasteiger partial charge in [0.05, 0.1) is 17.0 Å². The molecule has 3 aromatic rings. The van der Waals surface area contributed by atoms with Crippen LogP contribution in [0.15, 0.2) is 61.4 Å². The van der Waals surface area contributed by atoms with E-state index >= 15 is 0 Å². The van der Waals surface area contributed by atoms with Crippen LogP contribution < -0.4 is 5.63 Å². The van der Waals surface area contributed by atoms with Gasteiger partial charge in [-0.2, -0.15) is 0 Å². The van der Waals surface area contributed by atoms with E-state index in [0.29, 0.717) is 28.4 Å². The molecule has 0 bridgehead atoms. The van der Waals surface area contributed by atoms with Crippen molar-refractivity contribution in [2.45, 2.75) is 40.0 Å². The minimum absolute atomic E-state index is 0.0792. The number of hydrogen-bond acceptors (Lipinski definition) is 4. The lowest BCUT2D eigenvalue weighted by atomic mass is 10.0. The maximum atomic E-state index is 11.7. The Morgan fingerprint density at radius 2 is 1.84 bits per heavy atom. The van der Waals surface area contributed by atoms with Gasteiger partial charge in [-0.25, -0.2) is 4.79 Å². The van der Waals surface area contributed by atoms with Crippen molar-refractivity contribution in [3.63, 3.8) is 0 Å². The molecule has 0 fully saturated rings.